The molecule has 1 aliphatic heterocycles. The number of nitrogens with zero attached hydrogens (tertiary/aromatic N) is 5. The lowest BCUT2D eigenvalue weighted by atomic mass is 10.1. The topological polar surface area (TPSA) is 159 Å². The Morgan fingerprint density at radius 1 is 0.944 bits per heavy atom. The molecule has 0 amide bonds. The predicted octanol–water partition coefficient (Wildman–Crippen LogP) is 6.01. The number of aromatic nitrogens is 3. The molecule has 286 valence electrons. The van der Waals surface area contributed by atoms with Gasteiger partial charge in [0.25, 0.3) is 10.0 Å². The highest BCUT2D eigenvalue weighted by Gasteiger charge is 2.25. The van der Waals surface area contributed by atoms with E-state index in [2.05, 4.69) is 30.1 Å². The zero-order valence-electron chi connectivity index (χ0n) is 30.1. The van der Waals surface area contributed by atoms with Gasteiger partial charge in [-0.1, -0.05) is 29.5 Å². The number of methoxy groups -OCH3 is 1. The number of hydrogen-bond donors (Lipinski definition) is 3. The Hall–Kier alpha value is -4.91. The molecule has 1 fully saturated rings. The van der Waals surface area contributed by atoms with Crippen LogP contribution in [-0.4, -0.2) is 95.1 Å². The van der Waals surface area contributed by atoms with E-state index in [-0.39, 0.29) is 11.4 Å². The molecule has 0 radical (unpaired) electrons. The van der Waals surface area contributed by atoms with E-state index in [4.69, 9.17) is 14.7 Å². The monoisotopic (exact) mass is 798 g/mol. The number of rotatable bonds is 14. The number of ether oxygens (including phenoxy) is 1. The van der Waals surface area contributed by atoms with Crippen LogP contribution < -0.4 is 25.0 Å². The van der Waals surface area contributed by atoms with Crippen molar-refractivity contribution in [3.8, 4) is 27.6 Å². The maximum absolute atomic E-state index is 14.4. The third kappa shape index (κ3) is 9.06. The van der Waals surface area contributed by atoms with Gasteiger partial charge < -0.3 is 20.3 Å². The van der Waals surface area contributed by atoms with Crippen molar-refractivity contribution in [2.24, 2.45) is 0 Å². The lowest BCUT2D eigenvalue weighted by molar-refractivity contribution is 0.272. The minimum Gasteiger partial charge on any atom is -0.494 e. The van der Waals surface area contributed by atoms with Gasteiger partial charge in [0, 0.05) is 74.7 Å². The van der Waals surface area contributed by atoms with Crippen LogP contribution in [0.5, 0.6) is 5.75 Å². The molecular weight excluding hydrogens is 759 g/mol. The number of nitrogens with one attached hydrogen (secondary N) is 3. The van der Waals surface area contributed by atoms with Crippen LogP contribution in [0.25, 0.3) is 21.8 Å². The molecule has 0 spiro atoms. The van der Waals surface area contributed by atoms with Crippen LogP contribution >= 0.6 is 11.3 Å². The third-order valence-corrected chi connectivity index (χ3v) is 12.1. The summed E-state index contributed by atoms with van der Waals surface area (Å²) in [5.41, 5.74) is 4.36. The minimum atomic E-state index is -4.59. The fourth-order valence-electron chi connectivity index (χ4n) is 6.05. The fourth-order valence-corrected chi connectivity index (χ4v) is 8.85. The minimum absolute atomic E-state index is 0.0869. The first kappa shape index (κ1) is 38.8. The highest BCUT2D eigenvalue weighted by atomic mass is 32.2. The highest BCUT2D eigenvalue weighted by molar-refractivity contribution is 7.92. The van der Waals surface area contributed by atoms with Crippen molar-refractivity contribution in [2.75, 3.05) is 78.6 Å². The highest BCUT2D eigenvalue weighted by Crippen LogP contribution is 2.40. The van der Waals surface area contributed by atoms with Crippen molar-refractivity contribution < 1.29 is 30.4 Å². The number of piperazine rings is 1. The van der Waals surface area contributed by atoms with Crippen LogP contribution in [-0.2, 0) is 19.9 Å². The van der Waals surface area contributed by atoms with Gasteiger partial charge in [0.2, 0.25) is 5.95 Å². The number of thiazole rings is 1. The molecule has 2 aromatic heterocycles. The number of hydrogen-bond acceptors (Lipinski definition) is 13. The van der Waals surface area contributed by atoms with E-state index in [1.54, 1.807) is 31.5 Å². The summed E-state index contributed by atoms with van der Waals surface area (Å²) >= 11 is 1.36. The molecule has 0 saturated carbocycles. The van der Waals surface area contributed by atoms with Gasteiger partial charge >= 0.3 is 0 Å². The molecule has 18 heteroatoms. The molecule has 1 aliphatic rings. The molecule has 0 bridgehead atoms. The average molecular weight is 799 g/mol. The summed E-state index contributed by atoms with van der Waals surface area (Å²) in [6, 6.07) is 14.9. The number of sulfone groups is 1. The lowest BCUT2D eigenvalue weighted by Crippen LogP contribution is -2.47. The first-order chi connectivity index (χ1) is 25.7. The summed E-state index contributed by atoms with van der Waals surface area (Å²) in [6.45, 7) is 8.07. The molecule has 0 aliphatic carbocycles. The van der Waals surface area contributed by atoms with E-state index < -0.39 is 36.4 Å². The molecule has 0 atom stereocenters. The quantitative estimate of drug-likeness (QED) is 0.120. The largest absolute Gasteiger partial charge is 0.494 e. The Labute approximate surface area is 317 Å². The van der Waals surface area contributed by atoms with Crippen molar-refractivity contribution in [1.29, 1.82) is 0 Å². The summed E-state index contributed by atoms with van der Waals surface area (Å²) in [5, 5.41) is 7.13. The number of halogens is 2. The smallest absolute Gasteiger partial charge is 0.267 e. The number of benzene rings is 3. The van der Waals surface area contributed by atoms with Crippen LogP contribution in [0, 0.1) is 18.6 Å². The van der Waals surface area contributed by atoms with Crippen molar-refractivity contribution >= 4 is 59.3 Å². The second-order valence-corrected chi connectivity index (χ2v) is 17.5. The molecule has 0 unspecified atom stereocenters. The van der Waals surface area contributed by atoms with Gasteiger partial charge in [0.1, 0.15) is 27.2 Å². The first-order valence-electron chi connectivity index (χ1n) is 17.0. The third-order valence-electron chi connectivity index (χ3n) is 8.68. The Kier molecular flexibility index (Phi) is 11.7. The van der Waals surface area contributed by atoms with E-state index in [1.165, 1.54) is 29.7 Å². The fraction of sp³-hybridized carbons (Fsp3) is 0.306. The van der Waals surface area contributed by atoms with Crippen molar-refractivity contribution in [1.82, 2.24) is 19.9 Å². The van der Waals surface area contributed by atoms with Crippen LogP contribution in [0.3, 0.4) is 0 Å². The van der Waals surface area contributed by atoms with E-state index in [0.717, 1.165) is 55.6 Å². The summed E-state index contributed by atoms with van der Waals surface area (Å²) in [6.07, 6.45) is 2.87. The Balaban J connectivity index is 1.25. The van der Waals surface area contributed by atoms with Crippen LogP contribution in [0.2, 0.25) is 0 Å². The zero-order chi connectivity index (χ0) is 38.6. The number of anilines is 5. The number of sulfonamides is 1. The van der Waals surface area contributed by atoms with E-state index in [9.17, 15) is 25.6 Å². The van der Waals surface area contributed by atoms with Crippen LogP contribution in [0.15, 0.2) is 71.8 Å². The SMILES string of the molecule is CCNc1nc(-c2cccc(NS(=O)(=O)c3c(F)cccc3F)c2)c(-c2ccnc(Nc3cc(C)c(N4CCN(CCS(C)(=O)=O)CC4)cc3OC)n2)s1. The summed E-state index contributed by atoms with van der Waals surface area (Å²) in [7, 11) is -6.03. The maximum Gasteiger partial charge on any atom is 0.267 e. The van der Waals surface area contributed by atoms with Gasteiger partial charge in [-0.15, -0.1) is 0 Å². The first-order valence-corrected chi connectivity index (χ1v) is 21.4. The standard InChI is InChI=1S/C36H40F2N8O5S3/c1-5-39-36-43-32(24-8-6-9-25(21-24)44-54(49,50)34-26(37)10-7-11-27(34)38)33(52-36)28-12-13-40-35(41-28)42-29-20-23(2)30(22-31(29)51-3)46-16-14-45(15-17-46)18-19-53(4,47)48/h6-13,20-22,44H,5,14-19H2,1-4H3,(H,39,43)(H,40,41,42). The average Bonchev–Trinajstić information content (AvgIpc) is 3.55. The number of aryl methyl sites for hydroxylation is 1. The molecule has 6 rings (SSSR count). The molecule has 3 heterocycles. The molecule has 1 saturated heterocycles. The Morgan fingerprint density at radius 3 is 2.35 bits per heavy atom. The molecule has 13 nitrogen and oxygen atoms in total. The van der Waals surface area contributed by atoms with E-state index >= 15 is 0 Å². The van der Waals surface area contributed by atoms with Gasteiger partial charge in [0.05, 0.1) is 34.8 Å². The van der Waals surface area contributed by atoms with Crippen LogP contribution in [0.4, 0.5) is 36.9 Å². The van der Waals surface area contributed by atoms with Crippen molar-refractivity contribution in [3.05, 3.63) is 84.1 Å². The second kappa shape index (κ2) is 16.2. The van der Waals surface area contributed by atoms with Gasteiger partial charge in [0.15, 0.2) is 10.0 Å². The van der Waals surface area contributed by atoms with Gasteiger partial charge in [-0.05, 0) is 55.8 Å². The molecule has 3 N–H and O–H groups in total. The molecule has 54 heavy (non-hydrogen) atoms. The summed E-state index contributed by atoms with van der Waals surface area (Å²) in [5.74, 6) is -1.37. The van der Waals surface area contributed by atoms with Crippen molar-refractivity contribution in [2.45, 2.75) is 18.7 Å². The predicted molar refractivity (Wildman–Crippen MR) is 209 cm³/mol. The Bertz CT molecular complexity index is 2350. The molecular formula is C36H40F2N8O5S3. The van der Waals surface area contributed by atoms with Gasteiger partial charge in [-0.25, -0.2) is 40.6 Å². The second-order valence-electron chi connectivity index (χ2n) is 12.7. The summed E-state index contributed by atoms with van der Waals surface area (Å²) < 4.78 is 86.1. The summed E-state index contributed by atoms with van der Waals surface area (Å²) in [4.78, 5) is 18.1. The maximum atomic E-state index is 14.4. The van der Waals surface area contributed by atoms with Gasteiger partial charge in [-0.3, -0.25) is 9.62 Å². The molecule has 5 aromatic rings. The van der Waals surface area contributed by atoms with E-state index in [1.807, 2.05) is 26.0 Å². The zero-order valence-corrected chi connectivity index (χ0v) is 32.5. The normalized spacial score (nSPS) is 13.9. The van der Waals surface area contributed by atoms with Gasteiger partial charge in [-0.2, -0.15) is 0 Å². The van der Waals surface area contributed by atoms with Crippen molar-refractivity contribution in [3.63, 3.8) is 0 Å². The van der Waals surface area contributed by atoms with Crippen LogP contribution in [0.1, 0.15) is 12.5 Å². The lowest BCUT2D eigenvalue weighted by Gasteiger charge is -2.37. The van der Waals surface area contributed by atoms with E-state index in [0.29, 0.717) is 57.4 Å². The Morgan fingerprint density at radius 2 is 1.67 bits per heavy atom. The molecule has 3 aromatic carbocycles.